The average molecular weight is 515 g/mol. The molecule has 0 saturated carbocycles. The topological polar surface area (TPSA) is 51.4 Å². The summed E-state index contributed by atoms with van der Waals surface area (Å²) >= 11 is 0. The summed E-state index contributed by atoms with van der Waals surface area (Å²) in [7, 11) is 6.54. The molecule has 202 valence electrons. The molecule has 0 spiro atoms. The first-order valence-electron chi connectivity index (χ1n) is 14.5. The molecule has 1 aliphatic heterocycles. The fourth-order valence-electron chi connectivity index (χ4n) is 6.67. The van der Waals surface area contributed by atoms with Gasteiger partial charge in [0.15, 0.2) is 5.88 Å². The number of hydrogen-bond acceptors (Lipinski definition) is 5. The Hall–Kier alpha value is -2.90. The summed E-state index contributed by atoms with van der Waals surface area (Å²) in [5.74, 6) is 1.59. The van der Waals surface area contributed by atoms with E-state index in [1.807, 2.05) is 18.5 Å². The van der Waals surface area contributed by atoms with E-state index in [-0.39, 0.29) is 0 Å². The van der Waals surface area contributed by atoms with Gasteiger partial charge in [0.05, 0.1) is 29.4 Å². The van der Waals surface area contributed by atoms with Gasteiger partial charge in [0, 0.05) is 61.8 Å². The normalized spacial score (nSPS) is 18.0. The highest BCUT2D eigenvalue weighted by Gasteiger charge is 2.27. The lowest BCUT2D eigenvalue weighted by Crippen LogP contribution is -2.30. The summed E-state index contributed by atoms with van der Waals surface area (Å²) in [6.45, 7) is 5.80. The first-order valence-corrected chi connectivity index (χ1v) is 14.5. The van der Waals surface area contributed by atoms with Gasteiger partial charge in [0.25, 0.3) is 0 Å². The zero-order valence-corrected chi connectivity index (χ0v) is 23.3. The number of aromatic nitrogens is 4. The third-order valence-corrected chi connectivity index (χ3v) is 8.60. The van der Waals surface area contributed by atoms with E-state index in [0.29, 0.717) is 5.92 Å². The Kier molecular flexibility index (Phi) is 7.39. The van der Waals surface area contributed by atoms with Crippen LogP contribution in [0, 0.1) is 5.92 Å². The van der Waals surface area contributed by atoms with E-state index in [1.165, 1.54) is 54.1 Å². The molecular weight excluding hydrogens is 472 g/mol. The van der Waals surface area contributed by atoms with Crippen molar-refractivity contribution in [3.63, 3.8) is 0 Å². The highest BCUT2D eigenvalue weighted by molar-refractivity contribution is 5.85. The van der Waals surface area contributed by atoms with E-state index in [2.05, 4.69) is 63.4 Å². The van der Waals surface area contributed by atoms with E-state index in [9.17, 15) is 0 Å². The zero-order chi connectivity index (χ0) is 26.1. The van der Waals surface area contributed by atoms with Gasteiger partial charge in [-0.05, 0) is 89.3 Å². The van der Waals surface area contributed by atoms with Crippen LogP contribution in [0.15, 0.2) is 36.8 Å². The van der Waals surface area contributed by atoms with Crippen molar-refractivity contribution in [2.45, 2.75) is 58.0 Å². The molecule has 4 aromatic heterocycles. The van der Waals surface area contributed by atoms with Crippen LogP contribution in [0.3, 0.4) is 0 Å². The molecule has 5 heterocycles. The van der Waals surface area contributed by atoms with Crippen LogP contribution in [-0.2, 0) is 32.4 Å². The lowest BCUT2D eigenvalue weighted by Gasteiger charge is -2.23. The second-order valence-corrected chi connectivity index (χ2v) is 11.6. The number of rotatable bonds is 8. The summed E-state index contributed by atoms with van der Waals surface area (Å²) in [6, 6.07) is 6.46. The molecule has 6 rings (SSSR count). The summed E-state index contributed by atoms with van der Waals surface area (Å²) in [5, 5.41) is 1.42. The standard InChI is InChI=1S/C31H42N6O/c1-34(2)15-17-37-28-10-7-13-33-30(28)26-20-23(12-19-38-31(26)37)22-35(3)16-18-36-27-9-6-4-5-8-24(27)25-11-14-32-21-29(25)36/h7,10-11,13-14,21,23H,4-6,8-9,12,15-20,22H2,1-3H3. The van der Waals surface area contributed by atoms with Crippen LogP contribution in [0.2, 0.25) is 0 Å². The number of aryl methyl sites for hydroxylation is 1. The second kappa shape index (κ2) is 11.1. The first-order chi connectivity index (χ1) is 18.6. The van der Waals surface area contributed by atoms with Crippen molar-refractivity contribution in [1.29, 1.82) is 0 Å². The highest BCUT2D eigenvalue weighted by Crippen LogP contribution is 2.36. The van der Waals surface area contributed by atoms with Crippen molar-refractivity contribution in [3.05, 3.63) is 53.6 Å². The fraction of sp³-hybridized carbons (Fsp3) is 0.548. The minimum Gasteiger partial charge on any atom is -0.479 e. The van der Waals surface area contributed by atoms with Crippen LogP contribution in [0.25, 0.3) is 21.9 Å². The van der Waals surface area contributed by atoms with Gasteiger partial charge < -0.3 is 23.7 Å². The highest BCUT2D eigenvalue weighted by atomic mass is 16.5. The number of pyridine rings is 2. The van der Waals surface area contributed by atoms with Gasteiger partial charge in [-0.25, -0.2) is 0 Å². The Morgan fingerprint density at radius 1 is 0.947 bits per heavy atom. The quantitative estimate of drug-likeness (QED) is 0.317. The number of hydrogen-bond donors (Lipinski definition) is 0. The molecule has 0 fully saturated rings. The van der Waals surface area contributed by atoms with E-state index < -0.39 is 0 Å². The lowest BCUT2D eigenvalue weighted by molar-refractivity contribution is 0.228. The van der Waals surface area contributed by atoms with E-state index >= 15 is 0 Å². The molecule has 0 saturated heterocycles. The molecule has 1 unspecified atom stereocenters. The van der Waals surface area contributed by atoms with Crippen LogP contribution < -0.4 is 4.74 Å². The van der Waals surface area contributed by atoms with Crippen molar-refractivity contribution in [1.82, 2.24) is 28.9 Å². The van der Waals surface area contributed by atoms with Gasteiger partial charge in [-0.1, -0.05) is 6.42 Å². The summed E-state index contributed by atoms with van der Waals surface area (Å²) in [6.07, 6.45) is 14.4. The summed E-state index contributed by atoms with van der Waals surface area (Å²) < 4.78 is 11.4. The van der Waals surface area contributed by atoms with Gasteiger partial charge in [-0.15, -0.1) is 0 Å². The largest absolute Gasteiger partial charge is 0.479 e. The molecule has 7 nitrogen and oxygen atoms in total. The first kappa shape index (κ1) is 25.4. The summed E-state index contributed by atoms with van der Waals surface area (Å²) in [5.41, 5.74) is 8.06. The number of fused-ring (bicyclic) bond motifs is 6. The Bertz CT molecular complexity index is 1400. The molecule has 4 aromatic rings. The molecule has 1 atom stereocenters. The molecule has 1 aliphatic carbocycles. The smallest absolute Gasteiger partial charge is 0.199 e. The van der Waals surface area contributed by atoms with E-state index in [4.69, 9.17) is 9.72 Å². The zero-order valence-electron chi connectivity index (χ0n) is 23.3. The van der Waals surface area contributed by atoms with E-state index in [0.717, 1.165) is 63.6 Å². The van der Waals surface area contributed by atoms with Crippen molar-refractivity contribution in [2.24, 2.45) is 5.92 Å². The van der Waals surface area contributed by atoms with Gasteiger partial charge in [-0.2, -0.15) is 0 Å². The Morgan fingerprint density at radius 3 is 2.71 bits per heavy atom. The predicted octanol–water partition coefficient (Wildman–Crippen LogP) is 4.79. The SMILES string of the molecule is CN(C)CCn1c2c(c3ncccc31)CC(CN(C)CCn1c3c(c4ccncc41)CCCCC3)CCO2. The maximum absolute atomic E-state index is 6.42. The van der Waals surface area contributed by atoms with Crippen molar-refractivity contribution >= 4 is 21.9 Å². The molecule has 2 aliphatic rings. The molecule has 0 amide bonds. The lowest BCUT2D eigenvalue weighted by atomic mass is 9.97. The van der Waals surface area contributed by atoms with Crippen molar-refractivity contribution < 1.29 is 4.74 Å². The third kappa shape index (κ3) is 4.94. The second-order valence-electron chi connectivity index (χ2n) is 11.6. The monoisotopic (exact) mass is 514 g/mol. The average Bonchev–Trinajstić information content (AvgIpc) is 3.13. The Balaban J connectivity index is 1.18. The summed E-state index contributed by atoms with van der Waals surface area (Å²) in [4.78, 5) is 14.0. The van der Waals surface area contributed by atoms with Crippen LogP contribution >= 0.6 is 0 Å². The Morgan fingerprint density at radius 2 is 1.82 bits per heavy atom. The third-order valence-electron chi connectivity index (χ3n) is 8.60. The van der Waals surface area contributed by atoms with Gasteiger partial charge in [-0.3, -0.25) is 9.97 Å². The minimum absolute atomic E-state index is 0.552. The maximum atomic E-state index is 6.42. The van der Waals surface area contributed by atoms with Crippen LogP contribution in [0.1, 0.15) is 42.5 Å². The number of ether oxygens (including phenoxy) is 1. The minimum atomic E-state index is 0.552. The predicted molar refractivity (Wildman–Crippen MR) is 154 cm³/mol. The van der Waals surface area contributed by atoms with Crippen LogP contribution in [0.5, 0.6) is 5.88 Å². The Labute approximate surface area is 226 Å². The molecule has 0 bridgehead atoms. The van der Waals surface area contributed by atoms with E-state index in [1.54, 1.807) is 11.3 Å². The van der Waals surface area contributed by atoms with Crippen molar-refractivity contribution in [3.8, 4) is 5.88 Å². The molecular formula is C31H42N6O. The van der Waals surface area contributed by atoms with Gasteiger partial charge >= 0.3 is 0 Å². The molecule has 0 radical (unpaired) electrons. The molecule has 0 aromatic carbocycles. The molecule has 0 N–H and O–H groups in total. The number of nitrogens with zero attached hydrogens (tertiary/aromatic N) is 6. The fourth-order valence-corrected chi connectivity index (χ4v) is 6.67. The van der Waals surface area contributed by atoms with Crippen molar-refractivity contribution in [2.75, 3.05) is 47.4 Å². The van der Waals surface area contributed by atoms with Gasteiger partial charge in [0.1, 0.15) is 0 Å². The number of likely N-dealkylation sites (N-methyl/N-ethyl adjacent to an activating group) is 2. The maximum Gasteiger partial charge on any atom is 0.199 e. The van der Waals surface area contributed by atoms with Gasteiger partial charge in [0.2, 0.25) is 0 Å². The van der Waals surface area contributed by atoms with Crippen LogP contribution in [0.4, 0.5) is 0 Å². The molecule has 7 heteroatoms. The molecule has 38 heavy (non-hydrogen) atoms. The van der Waals surface area contributed by atoms with Crippen LogP contribution in [-0.4, -0.2) is 76.3 Å².